The first kappa shape index (κ1) is 15.2. The number of carbonyl (C=O) groups is 3. The number of hydrogen-bond donors (Lipinski definition) is 2. The predicted octanol–water partition coefficient (Wildman–Crippen LogP) is 0.477. The monoisotopic (exact) mass is 243 g/mol. The molecule has 0 atom stereocenters. The minimum absolute atomic E-state index is 0.00969. The maximum atomic E-state index is 11.5. The van der Waals surface area contributed by atoms with Gasteiger partial charge in [0.05, 0.1) is 7.11 Å². The zero-order valence-corrected chi connectivity index (χ0v) is 10.2. The number of esters is 1. The SMILES string of the molecule is COC(=O)CCCNC(=O)C(C)=C(C)C(=O)O. The fourth-order valence-corrected chi connectivity index (χ4v) is 1.000. The average Bonchev–Trinajstić information content (AvgIpc) is 2.31. The van der Waals surface area contributed by atoms with E-state index in [1.165, 1.54) is 21.0 Å². The zero-order valence-electron chi connectivity index (χ0n) is 10.2. The van der Waals surface area contributed by atoms with Crippen molar-refractivity contribution in [3.63, 3.8) is 0 Å². The van der Waals surface area contributed by atoms with E-state index in [4.69, 9.17) is 5.11 Å². The molecule has 6 nitrogen and oxygen atoms in total. The van der Waals surface area contributed by atoms with E-state index in [-0.39, 0.29) is 23.5 Å². The van der Waals surface area contributed by atoms with Crippen LogP contribution in [-0.4, -0.2) is 36.6 Å². The predicted molar refractivity (Wildman–Crippen MR) is 60.3 cm³/mol. The van der Waals surface area contributed by atoms with Crippen LogP contribution in [0.3, 0.4) is 0 Å². The van der Waals surface area contributed by atoms with E-state index in [1.807, 2.05) is 0 Å². The summed E-state index contributed by atoms with van der Waals surface area (Å²) in [6, 6.07) is 0. The first-order valence-electron chi connectivity index (χ1n) is 5.16. The zero-order chi connectivity index (χ0) is 13.4. The van der Waals surface area contributed by atoms with Crippen LogP contribution < -0.4 is 5.32 Å². The molecule has 17 heavy (non-hydrogen) atoms. The summed E-state index contributed by atoms with van der Waals surface area (Å²) in [6.45, 7) is 3.11. The fourth-order valence-electron chi connectivity index (χ4n) is 1.000. The highest BCUT2D eigenvalue weighted by atomic mass is 16.5. The molecule has 1 amide bonds. The van der Waals surface area contributed by atoms with Gasteiger partial charge < -0.3 is 15.2 Å². The molecule has 0 aromatic rings. The van der Waals surface area contributed by atoms with Gasteiger partial charge in [-0.15, -0.1) is 0 Å². The van der Waals surface area contributed by atoms with Gasteiger partial charge in [0.25, 0.3) is 0 Å². The highest BCUT2D eigenvalue weighted by Gasteiger charge is 2.12. The largest absolute Gasteiger partial charge is 0.478 e. The van der Waals surface area contributed by atoms with Crippen molar-refractivity contribution in [2.24, 2.45) is 0 Å². The van der Waals surface area contributed by atoms with Crippen molar-refractivity contribution < 1.29 is 24.2 Å². The van der Waals surface area contributed by atoms with E-state index in [0.29, 0.717) is 13.0 Å². The number of ether oxygens (including phenoxy) is 1. The van der Waals surface area contributed by atoms with Crippen LogP contribution in [-0.2, 0) is 19.1 Å². The lowest BCUT2D eigenvalue weighted by Gasteiger charge is -2.06. The van der Waals surface area contributed by atoms with E-state index in [2.05, 4.69) is 10.1 Å². The first-order valence-corrected chi connectivity index (χ1v) is 5.16. The molecule has 0 saturated heterocycles. The lowest BCUT2D eigenvalue weighted by molar-refractivity contribution is -0.140. The summed E-state index contributed by atoms with van der Waals surface area (Å²) in [5.41, 5.74) is 0.172. The van der Waals surface area contributed by atoms with Gasteiger partial charge in [0.1, 0.15) is 0 Å². The molecule has 0 aliphatic rings. The van der Waals surface area contributed by atoms with Crippen LogP contribution >= 0.6 is 0 Å². The molecule has 6 heteroatoms. The van der Waals surface area contributed by atoms with Crippen LogP contribution in [0.4, 0.5) is 0 Å². The third-order valence-electron chi connectivity index (χ3n) is 2.29. The minimum Gasteiger partial charge on any atom is -0.478 e. The van der Waals surface area contributed by atoms with Gasteiger partial charge in [-0.05, 0) is 20.3 Å². The van der Waals surface area contributed by atoms with Gasteiger partial charge in [0, 0.05) is 24.1 Å². The Hall–Kier alpha value is -1.85. The number of carboxylic acids is 1. The fraction of sp³-hybridized carbons (Fsp3) is 0.545. The summed E-state index contributed by atoms with van der Waals surface area (Å²) < 4.78 is 4.44. The minimum atomic E-state index is -1.12. The summed E-state index contributed by atoms with van der Waals surface area (Å²) in [4.78, 5) is 32.8. The average molecular weight is 243 g/mol. The molecular formula is C11H17NO5. The Morgan fingerprint density at radius 1 is 1.18 bits per heavy atom. The first-order chi connectivity index (χ1) is 7.90. The molecule has 0 aromatic carbocycles. The Bertz CT molecular complexity index is 346. The van der Waals surface area contributed by atoms with E-state index < -0.39 is 11.9 Å². The van der Waals surface area contributed by atoms with Crippen LogP contribution in [0.25, 0.3) is 0 Å². The maximum absolute atomic E-state index is 11.5. The Labute approximate surface area is 99.6 Å². The molecule has 0 heterocycles. The number of carboxylic acid groups (broad SMARTS) is 1. The Morgan fingerprint density at radius 2 is 1.76 bits per heavy atom. The summed E-state index contributed by atoms with van der Waals surface area (Å²) >= 11 is 0. The van der Waals surface area contributed by atoms with Crippen molar-refractivity contribution in [1.82, 2.24) is 5.32 Å². The highest BCUT2D eigenvalue weighted by molar-refractivity contribution is 6.01. The van der Waals surface area contributed by atoms with Crippen LogP contribution in [0.5, 0.6) is 0 Å². The second-order valence-electron chi connectivity index (χ2n) is 3.49. The number of hydrogen-bond acceptors (Lipinski definition) is 4. The third kappa shape index (κ3) is 5.70. The number of amides is 1. The van der Waals surface area contributed by atoms with Crippen molar-refractivity contribution in [2.45, 2.75) is 26.7 Å². The molecule has 2 N–H and O–H groups in total. The van der Waals surface area contributed by atoms with Crippen LogP contribution in [0, 0.1) is 0 Å². The van der Waals surface area contributed by atoms with Gasteiger partial charge in [0.2, 0.25) is 5.91 Å². The summed E-state index contributed by atoms with van der Waals surface area (Å²) in [5.74, 6) is -1.89. The van der Waals surface area contributed by atoms with Crippen molar-refractivity contribution >= 4 is 17.8 Å². The molecule has 0 spiro atoms. The molecule has 0 aliphatic heterocycles. The molecular weight excluding hydrogens is 226 g/mol. The van der Waals surface area contributed by atoms with Gasteiger partial charge in [-0.3, -0.25) is 9.59 Å². The van der Waals surface area contributed by atoms with Crippen LogP contribution in [0.15, 0.2) is 11.1 Å². The van der Waals surface area contributed by atoms with Crippen molar-refractivity contribution in [1.29, 1.82) is 0 Å². The number of aliphatic carboxylic acids is 1. The van der Waals surface area contributed by atoms with Crippen molar-refractivity contribution in [2.75, 3.05) is 13.7 Å². The molecule has 0 saturated carbocycles. The van der Waals surface area contributed by atoms with Crippen LogP contribution in [0.1, 0.15) is 26.7 Å². The Kier molecular flexibility index (Phi) is 6.62. The normalized spacial score (nSPS) is 11.5. The smallest absolute Gasteiger partial charge is 0.331 e. The third-order valence-corrected chi connectivity index (χ3v) is 2.29. The lowest BCUT2D eigenvalue weighted by atomic mass is 10.1. The van der Waals surface area contributed by atoms with E-state index in [9.17, 15) is 14.4 Å². The molecule has 96 valence electrons. The number of methoxy groups -OCH3 is 1. The molecule has 0 unspecified atom stereocenters. The summed E-state index contributed by atoms with van der Waals surface area (Å²) in [7, 11) is 1.30. The topological polar surface area (TPSA) is 92.7 Å². The van der Waals surface area contributed by atoms with E-state index in [1.54, 1.807) is 0 Å². The van der Waals surface area contributed by atoms with Gasteiger partial charge in [0.15, 0.2) is 0 Å². The second-order valence-corrected chi connectivity index (χ2v) is 3.49. The number of rotatable bonds is 6. The van der Waals surface area contributed by atoms with Gasteiger partial charge >= 0.3 is 11.9 Å². The van der Waals surface area contributed by atoms with E-state index >= 15 is 0 Å². The number of carbonyl (C=O) groups excluding carboxylic acids is 2. The van der Waals surface area contributed by atoms with Gasteiger partial charge in [-0.1, -0.05) is 0 Å². The highest BCUT2D eigenvalue weighted by Crippen LogP contribution is 2.03. The van der Waals surface area contributed by atoms with E-state index in [0.717, 1.165) is 0 Å². The molecule has 0 rings (SSSR count). The Morgan fingerprint density at radius 3 is 2.24 bits per heavy atom. The molecule has 0 radical (unpaired) electrons. The quantitative estimate of drug-likeness (QED) is 0.402. The van der Waals surface area contributed by atoms with Crippen molar-refractivity contribution in [3.05, 3.63) is 11.1 Å². The molecule has 0 fully saturated rings. The molecule has 0 aromatic heterocycles. The Balaban J connectivity index is 4.08. The van der Waals surface area contributed by atoms with Crippen molar-refractivity contribution in [3.8, 4) is 0 Å². The summed E-state index contributed by atoms with van der Waals surface area (Å²) in [6.07, 6.45) is 0.676. The van der Waals surface area contributed by atoms with Crippen LogP contribution in [0.2, 0.25) is 0 Å². The maximum Gasteiger partial charge on any atom is 0.331 e. The molecule has 0 aliphatic carbocycles. The lowest BCUT2D eigenvalue weighted by Crippen LogP contribution is -2.27. The number of nitrogens with one attached hydrogen (secondary N) is 1. The van der Waals surface area contributed by atoms with Gasteiger partial charge in [-0.2, -0.15) is 0 Å². The van der Waals surface area contributed by atoms with Gasteiger partial charge in [-0.25, -0.2) is 4.79 Å². The summed E-state index contributed by atoms with van der Waals surface area (Å²) in [5, 5.41) is 11.2. The molecule has 0 bridgehead atoms. The standard InChI is InChI=1S/C11H17NO5/c1-7(8(2)11(15)16)10(14)12-6-4-5-9(13)17-3/h4-6H2,1-3H3,(H,12,14)(H,15,16). The second kappa shape index (κ2) is 7.43.